The van der Waals surface area contributed by atoms with Crippen molar-refractivity contribution in [3.05, 3.63) is 58.6 Å². The number of hydrogen-bond donors (Lipinski definition) is 0. The first kappa shape index (κ1) is 16.4. The largest absolute Gasteiger partial charge is 0.378 e. The normalized spacial score (nSPS) is 15.2. The van der Waals surface area contributed by atoms with Crippen molar-refractivity contribution in [1.29, 1.82) is 0 Å². The molecule has 2 aromatic rings. The molecule has 0 aromatic heterocycles. The van der Waals surface area contributed by atoms with Crippen LogP contribution in [0.2, 0.25) is 0 Å². The standard InChI is InChI=1S/C16H16N2O5S/c19-18(20)16-12-14(24(21,22)13-4-2-1-3-5-13)6-7-15(16)17-8-10-23-11-9-17/h1-7,12H,8-11H2. The van der Waals surface area contributed by atoms with Crippen molar-refractivity contribution in [2.75, 3.05) is 31.2 Å². The lowest BCUT2D eigenvalue weighted by Crippen LogP contribution is -2.36. The van der Waals surface area contributed by atoms with Crippen molar-refractivity contribution in [1.82, 2.24) is 0 Å². The highest BCUT2D eigenvalue weighted by atomic mass is 32.2. The van der Waals surface area contributed by atoms with Crippen LogP contribution in [0.25, 0.3) is 0 Å². The van der Waals surface area contributed by atoms with Crippen LogP contribution < -0.4 is 4.90 Å². The van der Waals surface area contributed by atoms with Gasteiger partial charge < -0.3 is 9.64 Å². The van der Waals surface area contributed by atoms with Gasteiger partial charge in [-0.1, -0.05) is 18.2 Å². The van der Waals surface area contributed by atoms with E-state index in [0.717, 1.165) is 6.07 Å². The Hall–Kier alpha value is -2.45. The van der Waals surface area contributed by atoms with Crippen LogP contribution in [0.4, 0.5) is 11.4 Å². The molecule has 0 bridgehead atoms. The fourth-order valence-electron chi connectivity index (χ4n) is 2.62. The molecule has 0 radical (unpaired) electrons. The molecule has 0 saturated carbocycles. The van der Waals surface area contributed by atoms with Gasteiger partial charge in [-0.15, -0.1) is 0 Å². The number of ether oxygens (including phenoxy) is 1. The summed E-state index contributed by atoms with van der Waals surface area (Å²) in [6, 6.07) is 11.9. The number of nitro benzene ring substituents is 1. The number of hydrogen-bond acceptors (Lipinski definition) is 6. The second kappa shape index (κ2) is 6.58. The summed E-state index contributed by atoms with van der Waals surface area (Å²) in [7, 11) is -3.79. The van der Waals surface area contributed by atoms with E-state index in [1.54, 1.807) is 18.2 Å². The zero-order valence-corrected chi connectivity index (χ0v) is 13.6. The van der Waals surface area contributed by atoms with Gasteiger partial charge in [-0.25, -0.2) is 8.42 Å². The molecular weight excluding hydrogens is 332 g/mol. The number of benzene rings is 2. The van der Waals surface area contributed by atoms with E-state index in [9.17, 15) is 18.5 Å². The van der Waals surface area contributed by atoms with Gasteiger partial charge in [0.2, 0.25) is 9.84 Å². The summed E-state index contributed by atoms with van der Waals surface area (Å²) >= 11 is 0. The molecule has 0 amide bonds. The van der Waals surface area contributed by atoms with Crippen molar-refractivity contribution >= 4 is 21.2 Å². The van der Waals surface area contributed by atoms with Gasteiger partial charge in [-0.3, -0.25) is 10.1 Å². The third-order valence-electron chi connectivity index (χ3n) is 3.86. The molecule has 0 unspecified atom stereocenters. The molecule has 0 atom stereocenters. The Morgan fingerprint density at radius 3 is 2.29 bits per heavy atom. The van der Waals surface area contributed by atoms with Crippen LogP contribution in [0.3, 0.4) is 0 Å². The maximum atomic E-state index is 12.6. The Kier molecular flexibility index (Phi) is 4.50. The molecular formula is C16H16N2O5S. The second-order valence-electron chi connectivity index (χ2n) is 5.32. The first-order chi connectivity index (χ1) is 11.5. The van der Waals surface area contributed by atoms with E-state index in [2.05, 4.69) is 0 Å². The Balaban J connectivity index is 2.05. The smallest absolute Gasteiger partial charge is 0.293 e. The summed E-state index contributed by atoms with van der Waals surface area (Å²) in [6.45, 7) is 2.04. The molecule has 1 aliphatic rings. The van der Waals surface area contributed by atoms with Crippen molar-refractivity contribution in [2.45, 2.75) is 9.79 Å². The molecule has 24 heavy (non-hydrogen) atoms. The molecule has 3 rings (SSSR count). The van der Waals surface area contributed by atoms with E-state index in [4.69, 9.17) is 4.74 Å². The molecule has 1 saturated heterocycles. The molecule has 126 valence electrons. The Labute approximate surface area is 139 Å². The van der Waals surface area contributed by atoms with Crippen molar-refractivity contribution < 1.29 is 18.1 Å². The fourth-order valence-corrected chi connectivity index (χ4v) is 3.93. The molecule has 1 aliphatic heterocycles. The summed E-state index contributed by atoms with van der Waals surface area (Å²) in [5, 5.41) is 11.4. The molecule has 1 fully saturated rings. The number of morpholine rings is 1. The predicted octanol–water partition coefficient (Wildman–Crippen LogP) is 2.26. The van der Waals surface area contributed by atoms with Gasteiger partial charge in [0.25, 0.3) is 5.69 Å². The van der Waals surface area contributed by atoms with E-state index in [0.29, 0.717) is 32.0 Å². The lowest BCUT2D eigenvalue weighted by molar-refractivity contribution is -0.384. The fraction of sp³-hybridized carbons (Fsp3) is 0.250. The summed E-state index contributed by atoms with van der Waals surface area (Å²) < 4.78 is 30.5. The average molecular weight is 348 g/mol. The summed E-state index contributed by atoms with van der Waals surface area (Å²) in [5.41, 5.74) is 0.198. The SMILES string of the molecule is O=[N+]([O-])c1cc(S(=O)(=O)c2ccccc2)ccc1N1CCOCC1. The summed E-state index contributed by atoms with van der Waals surface area (Å²) in [4.78, 5) is 12.7. The number of nitro groups is 1. The lowest BCUT2D eigenvalue weighted by atomic mass is 10.2. The topological polar surface area (TPSA) is 89.8 Å². The third kappa shape index (κ3) is 3.10. The minimum Gasteiger partial charge on any atom is -0.378 e. The van der Waals surface area contributed by atoms with Gasteiger partial charge >= 0.3 is 0 Å². The van der Waals surface area contributed by atoms with Crippen LogP contribution >= 0.6 is 0 Å². The van der Waals surface area contributed by atoms with E-state index in [1.165, 1.54) is 24.3 Å². The van der Waals surface area contributed by atoms with Crippen molar-refractivity contribution in [3.63, 3.8) is 0 Å². The van der Waals surface area contributed by atoms with E-state index in [1.807, 2.05) is 4.90 Å². The van der Waals surface area contributed by atoms with E-state index < -0.39 is 14.8 Å². The first-order valence-corrected chi connectivity index (χ1v) is 8.90. The second-order valence-corrected chi connectivity index (χ2v) is 7.27. The maximum Gasteiger partial charge on any atom is 0.293 e. The highest BCUT2D eigenvalue weighted by Crippen LogP contribution is 2.33. The Bertz CT molecular complexity index is 846. The van der Waals surface area contributed by atoms with Gasteiger partial charge in [0, 0.05) is 19.2 Å². The number of rotatable bonds is 4. The van der Waals surface area contributed by atoms with Crippen LogP contribution in [0.5, 0.6) is 0 Å². The molecule has 7 nitrogen and oxygen atoms in total. The summed E-state index contributed by atoms with van der Waals surface area (Å²) in [6.07, 6.45) is 0. The molecule has 0 spiro atoms. The van der Waals surface area contributed by atoms with Gasteiger partial charge in [0.1, 0.15) is 5.69 Å². The Morgan fingerprint density at radius 1 is 1.00 bits per heavy atom. The molecule has 2 aromatic carbocycles. The number of anilines is 1. The zero-order chi connectivity index (χ0) is 17.2. The Morgan fingerprint density at radius 2 is 1.67 bits per heavy atom. The number of sulfone groups is 1. The van der Waals surface area contributed by atoms with Crippen molar-refractivity contribution in [3.8, 4) is 0 Å². The highest BCUT2D eigenvalue weighted by molar-refractivity contribution is 7.91. The number of nitrogens with zero attached hydrogens (tertiary/aromatic N) is 2. The first-order valence-electron chi connectivity index (χ1n) is 7.41. The summed E-state index contributed by atoms with van der Waals surface area (Å²) in [5.74, 6) is 0. The zero-order valence-electron chi connectivity index (χ0n) is 12.8. The average Bonchev–Trinajstić information content (AvgIpc) is 2.62. The van der Waals surface area contributed by atoms with E-state index in [-0.39, 0.29) is 15.5 Å². The van der Waals surface area contributed by atoms with E-state index >= 15 is 0 Å². The van der Waals surface area contributed by atoms with Crippen LogP contribution in [0, 0.1) is 10.1 Å². The van der Waals surface area contributed by atoms with Crippen LogP contribution in [-0.4, -0.2) is 39.6 Å². The van der Waals surface area contributed by atoms with Crippen LogP contribution in [0.15, 0.2) is 58.3 Å². The maximum absolute atomic E-state index is 12.6. The van der Waals surface area contributed by atoms with Gasteiger partial charge in [0.05, 0.1) is 27.9 Å². The quantitative estimate of drug-likeness (QED) is 0.622. The molecule has 0 aliphatic carbocycles. The highest BCUT2D eigenvalue weighted by Gasteiger charge is 2.26. The van der Waals surface area contributed by atoms with Crippen LogP contribution in [0.1, 0.15) is 0 Å². The van der Waals surface area contributed by atoms with Crippen molar-refractivity contribution in [2.24, 2.45) is 0 Å². The molecule has 8 heteroatoms. The monoisotopic (exact) mass is 348 g/mol. The minimum atomic E-state index is -3.79. The van der Waals surface area contributed by atoms with Gasteiger partial charge in [0.15, 0.2) is 0 Å². The molecule has 1 heterocycles. The predicted molar refractivity (Wildman–Crippen MR) is 88.0 cm³/mol. The molecule has 0 N–H and O–H groups in total. The van der Waals surface area contributed by atoms with Gasteiger partial charge in [-0.2, -0.15) is 0 Å². The van der Waals surface area contributed by atoms with Gasteiger partial charge in [-0.05, 0) is 24.3 Å². The minimum absolute atomic E-state index is 0.0857. The van der Waals surface area contributed by atoms with Crippen LogP contribution in [-0.2, 0) is 14.6 Å². The third-order valence-corrected chi connectivity index (χ3v) is 5.63. The lowest BCUT2D eigenvalue weighted by Gasteiger charge is -2.28.